The van der Waals surface area contributed by atoms with Crippen LogP contribution in [0.4, 0.5) is 0 Å². The Bertz CT molecular complexity index is 437. The second kappa shape index (κ2) is 5.25. The molecule has 1 aromatic rings. The summed E-state index contributed by atoms with van der Waals surface area (Å²) in [5.41, 5.74) is 0.480. The number of rotatable bonds is 1. The summed E-state index contributed by atoms with van der Waals surface area (Å²) < 4.78 is 0. The van der Waals surface area contributed by atoms with E-state index in [2.05, 4.69) is 12.2 Å². The molecular weight excluding hydrogens is 259 g/mol. The lowest BCUT2D eigenvalue weighted by molar-refractivity contribution is 0.0709. The number of benzene rings is 1. The van der Waals surface area contributed by atoms with Crippen molar-refractivity contribution in [2.24, 2.45) is 0 Å². The van der Waals surface area contributed by atoms with Gasteiger partial charge in [-0.1, -0.05) is 29.3 Å². The van der Waals surface area contributed by atoms with Crippen LogP contribution in [0, 0.1) is 0 Å². The lowest BCUT2D eigenvalue weighted by atomic mass is 10.1. The number of hydrogen-bond donors (Lipinski definition) is 1. The predicted molar refractivity (Wildman–Crippen MR) is 69.8 cm³/mol. The van der Waals surface area contributed by atoms with Gasteiger partial charge in [-0.15, -0.1) is 0 Å². The molecule has 5 heteroatoms. The second-order valence-corrected chi connectivity index (χ2v) is 4.99. The Labute approximate surface area is 111 Å². The molecule has 1 saturated heterocycles. The highest BCUT2D eigenvalue weighted by atomic mass is 35.5. The van der Waals surface area contributed by atoms with Crippen LogP contribution in [0.3, 0.4) is 0 Å². The van der Waals surface area contributed by atoms with E-state index in [9.17, 15) is 4.79 Å². The van der Waals surface area contributed by atoms with Crippen molar-refractivity contribution < 1.29 is 4.79 Å². The van der Waals surface area contributed by atoms with Gasteiger partial charge in [0.05, 0.1) is 15.6 Å². The molecule has 1 fully saturated rings. The van der Waals surface area contributed by atoms with Crippen LogP contribution < -0.4 is 5.32 Å². The topological polar surface area (TPSA) is 32.3 Å². The van der Waals surface area contributed by atoms with Crippen molar-refractivity contribution in [1.82, 2.24) is 10.2 Å². The minimum absolute atomic E-state index is 0.0501. The van der Waals surface area contributed by atoms with Crippen LogP contribution >= 0.6 is 23.2 Å². The maximum absolute atomic E-state index is 12.3. The molecule has 0 unspecified atom stereocenters. The molecule has 0 bridgehead atoms. The zero-order valence-electron chi connectivity index (χ0n) is 9.54. The van der Waals surface area contributed by atoms with Gasteiger partial charge in [0, 0.05) is 25.7 Å². The van der Waals surface area contributed by atoms with E-state index in [1.54, 1.807) is 23.1 Å². The van der Waals surface area contributed by atoms with Crippen molar-refractivity contribution in [3.63, 3.8) is 0 Å². The van der Waals surface area contributed by atoms with E-state index in [-0.39, 0.29) is 5.91 Å². The summed E-state index contributed by atoms with van der Waals surface area (Å²) in [6.45, 7) is 4.26. The smallest absolute Gasteiger partial charge is 0.255 e. The van der Waals surface area contributed by atoms with E-state index in [4.69, 9.17) is 23.2 Å². The van der Waals surface area contributed by atoms with E-state index in [1.807, 2.05) is 0 Å². The van der Waals surface area contributed by atoms with Crippen LogP contribution in [-0.2, 0) is 0 Å². The van der Waals surface area contributed by atoms with Crippen LogP contribution in [0.2, 0.25) is 10.0 Å². The van der Waals surface area contributed by atoms with Gasteiger partial charge >= 0.3 is 0 Å². The Kier molecular flexibility index (Phi) is 3.92. The first-order valence-electron chi connectivity index (χ1n) is 5.56. The maximum atomic E-state index is 12.3. The Morgan fingerprint density at radius 2 is 2.24 bits per heavy atom. The quantitative estimate of drug-likeness (QED) is 0.852. The van der Waals surface area contributed by atoms with Gasteiger partial charge < -0.3 is 10.2 Å². The molecule has 0 aliphatic carbocycles. The molecule has 2 rings (SSSR count). The van der Waals surface area contributed by atoms with E-state index in [1.165, 1.54) is 0 Å². The van der Waals surface area contributed by atoms with Crippen molar-refractivity contribution in [3.8, 4) is 0 Å². The number of nitrogens with zero attached hydrogens (tertiary/aromatic N) is 1. The Hall–Kier alpha value is -0.770. The van der Waals surface area contributed by atoms with Gasteiger partial charge in [0.1, 0.15) is 0 Å². The summed E-state index contributed by atoms with van der Waals surface area (Å²) in [6, 6.07) is 5.45. The molecule has 1 heterocycles. The molecule has 1 aliphatic rings. The van der Waals surface area contributed by atoms with Gasteiger partial charge in [0.2, 0.25) is 0 Å². The van der Waals surface area contributed by atoms with E-state index < -0.39 is 0 Å². The molecule has 1 aliphatic heterocycles. The number of amides is 1. The normalized spacial score (nSPS) is 20.4. The van der Waals surface area contributed by atoms with E-state index >= 15 is 0 Å². The molecular formula is C12H14Cl2N2O. The van der Waals surface area contributed by atoms with Gasteiger partial charge in [-0.2, -0.15) is 0 Å². The summed E-state index contributed by atoms with van der Waals surface area (Å²) in [5, 5.41) is 4.05. The van der Waals surface area contributed by atoms with Crippen LogP contribution in [0.15, 0.2) is 18.2 Å². The van der Waals surface area contributed by atoms with Crippen LogP contribution in [0.1, 0.15) is 17.3 Å². The van der Waals surface area contributed by atoms with E-state index in [0.29, 0.717) is 34.7 Å². The van der Waals surface area contributed by atoms with E-state index in [0.717, 1.165) is 6.54 Å². The molecule has 1 aromatic carbocycles. The van der Waals surface area contributed by atoms with Crippen molar-refractivity contribution >= 4 is 29.1 Å². The Morgan fingerprint density at radius 1 is 1.47 bits per heavy atom. The van der Waals surface area contributed by atoms with Crippen molar-refractivity contribution in [3.05, 3.63) is 33.8 Å². The fourth-order valence-electron chi connectivity index (χ4n) is 1.96. The zero-order chi connectivity index (χ0) is 12.4. The molecule has 3 nitrogen and oxygen atoms in total. The minimum atomic E-state index is -0.0501. The number of hydrogen-bond acceptors (Lipinski definition) is 2. The third-order valence-corrected chi connectivity index (χ3v) is 3.66. The van der Waals surface area contributed by atoms with Crippen LogP contribution in [-0.4, -0.2) is 36.5 Å². The monoisotopic (exact) mass is 272 g/mol. The van der Waals surface area contributed by atoms with Crippen LogP contribution in [0.25, 0.3) is 0 Å². The first-order valence-corrected chi connectivity index (χ1v) is 6.32. The van der Waals surface area contributed by atoms with Gasteiger partial charge in [0.15, 0.2) is 0 Å². The highest BCUT2D eigenvalue weighted by molar-refractivity contribution is 6.43. The zero-order valence-corrected chi connectivity index (χ0v) is 11.1. The Morgan fingerprint density at radius 3 is 2.94 bits per heavy atom. The van der Waals surface area contributed by atoms with Gasteiger partial charge in [-0.05, 0) is 19.1 Å². The summed E-state index contributed by atoms with van der Waals surface area (Å²) in [7, 11) is 0. The average molecular weight is 273 g/mol. The summed E-state index contributed by atoms with van der Waals surface area (Å²) >= 11 is 12.0. The summed E-state index contributed by atoms with van der Waals surface area (Å²) in [6.07, 6.45) is 0. The largest absolute Gasteiger partial charge is 0.336 e. The first kappa shape index (κ1) is 12.7. The molecule has 1 N–H and O–H groups in total. The van der Waals surface area contributed by atoms with Gasteiger partial charge in [0.25, 0.3) is 5.91 Å². The molecule has 92 valence electrons. The number of carbonyl (C=O) groups excluding carboxylic acids is 1. The molecule has 0 spiro atoms. The van der Waals surface area contributed by atoms with Crippen molar-refractivity contribution in [1.29, 1.82) is 0 Å². The predicted octanol–water partition coefficient (Wildman–Crippen LogP) is 2.43. The Balaban J connectivity index is 2.22. The average Bonchev–Trinajstić information content (AvgIpc) is 2.32. The number of nitrogens with one attached hydrogen (secondary N) is 1. The third-order valence-electron chi connectivity index (χ3n) is 2.84. The highest BCUT2D eigenvalue weighted by Crippen LogP contribution is 2.26. The minimum Gasteiger partial charge on any atom is -0.336 e. The summed E-state index contributed by atoms with van der Waals surface area (Å²) in [4.78, 5) is 14.1. The lowest BCUT2D eigenvalue weighted by Gasteiger charge is -2.32. The second-order valence-electron chi connectivity index (χ2n) is 4.21. The fraction of sp³-hybridized carbons (Fsp3) is 0.417. The highest BCUT2D eigenvalue weighted by Gasteiger charge is 2.23. The molecule has 0 radical (unpaired) electrons. The number of halogens is 2. The van der Waals surface area contributed by atoms with Gasteiger partial charge in [-0.25, -0.2) is 0 Å². The molecule has 1 atom stereocenters. The standard InChI is InChI=1S/C12H14Cl2N2O/c1-8-7-16(6-5-15-8)12(17)9-3-2-4-10(13)11(9)14/h2-4,8,15H,5-7H2,1H3/t8-/m0/s1. The maximum Gasteiger partial charge on any atom is 0.255 e. The molecule has 1 amide bonds. The van der Waals surface area contributed by atoms with Crippen molar-refractivity contribution in [2.75, 3.05) is 19.6 Å². The molecule has 0 aromatic heterocycles. The first-order chi connectivity index (χ1) is 8.09. The van der Waals surface area contributed by atoms with Crippen molar-refractivity contribution in [2.45, 2.75) is 13.0 Å². The number of piperazine rings is 1. The third kappa shape index (κ3) is 2.73. The number of carbonyl (C=O) groups is 1. The van der Waals surface area contributed by atoms with Gasteiger partial charge in [-0.3, -0.25) is 4.79 Å². The summed E-state index contributed by atoms with van der Waals surface area (Å²) in [5.74, 6) is -0.0501. The lowest BCUT2D eigenvalue weighted by Crippen LogP contribution is -2.51. The molecule has 17 heavy (non-hydrogen) atoms. The SMILES string of the molecule is C[C@H]1CN(C(=O)c2cccc(Cl)c2Cl)CCN1. The van der Waals surface area contributed by atoms with Crippen LogP contribution in [0.5, 0.6) is 0 Å². The molecule has 0 saturated carbocycles. The fourth-order valence-corrected chi connectivity index (χ4v) is 2.34.